The van der Waals surface area contributed by atoms with Crippen LogP contribution < -0.4 is 15.5 Å². The fourth-order valence-corrected chi connectivity index (χ4v) is 5.09. The average Bonchev–Trinajstić information content (AvgIpc) is 3.55. The zero-order valence-corrected chi connectivity index (χ0v) is 19.9. The van der Waals surface area contributed by atoms with Crippen molar-refractivity contribution in [2.24, 2.45) is 10.9 Å². The van der Waals surface area contributed by atoms with Crippen LogP contribution in [0.2, 0.25) is 0 Å². The van der Waals surface area contributed by atoms with E-state index in [4.69, 9.17) is 14.5 Å². The number of ether oxygens (including phenoxy) is 2. The minimum Gasteiger partial charge on any atom is -0.381 e. The maximum absolute atomic E-state index is 5.72. The Morgan fingerprint density at radius 2 is 1.94 bits per heavy atom. The second-order valence-electron chi connectivity index (χ2n) is 9.21. The highest BCUT2D eigenvalue weighted by molar-refractivity contribution is 5.80. The van der Waals surface area contributed by atoms with Crippen molar-refractivity contribution in [3.05, 3.63) is 29.8 Å². The number of aliphatic imine (C=N–C) groups is 1. The van der Waals surface area contributed by atoms with Gasteiger partial charge in [0.1, 0.15) is 0 Å². The summed E-state index contributed by atoms with van der Waals surface area (Å²) in [5.74, 6) is 1.44. The van der Waals surface area contributed by atoms with E-state index >= 15 is 0 Å². The van der Waals surface area contributed by atoms with Crippen LogP contribution in [-0.2, 0) is 9.47 Å². The third kappa shape index (κ3) is 6.15. The van der Waals surface area contributed by atoms with E-state index < -0.39 is 0 Å². The van der Waals surface area contributed by atoms with Gasteiger partial charge in [0.2, 0.25) is 0 Å². The number of nitrogens with zero attached hydrogens (tertiary/aromatic N) is 3. The van der Waals surface area contributed by atoms with Crippen molar-refractivity contribution in [2.75, 3.05) is 70.6 Å². The number of nitrogens with one attached hydrogen (secondary N) is 2. The minimum absolute atomic E-state index is 0.187. The van der Waals surface area contributed by atoms with Gasteiger partial charge in [-0.05, 0) is 50.8 Å². The normalized spacial score (nSPS) is 24.5. The van der Waals surface area contributed by atoms with E-state index in [0.29, 0.717) is 12.0 Å². The molecule has 4 rings (SSSR count). The number of hydrogen-bond donors (Lipinski definition) is 2. The molecule has 3 saturated heterocycles. The summed E-state index contributed by atoms with van der Waals surface area (Å²) in [7, 11) is 0. The molecule has 0 bridgehead atoms. The van der Waals surface area contributed by atoms with Crippen LogP contribution in [0.5, 0.6) is 0 Å². The Morgan fingerprint density at radius 3 is 2.66 bits per heavy atom. The van der Waals surface area contributed by atoms with E-state index in [0.717, 1.165) is 65.0 Å². The highest BCUT2D eigenvalue weighted by Gasteiger charge is 2.31. The number of morpholine rings is 1. The van der Waals surface area contributed by atoms with E-state index in [-0.39, 0.29) is 6.04 Å². The molecule has 3 aliphatic rings. The molecule has 3 heterocycles. The second kappa shape index (κ2) is 11.9. The molecule has 0 spiro atoms. The van der Waals surface area contributed by atoms with Gasteiger partial charge in [0.25, 0.3) is 0 Å². The first-order chi connectivity index (χ1) is 15.7. The maximum Gasteiger partial charge on any atom is 0.191 e. The summed E-state index contributed by atoms with van der Waals surface area (Å²) in [6.45, 7) is 13.6. The fraction of sp³-hybridized carbons (Fsp3) is 0.720. The molecular weight excluding hydrogens is 402 g/mol. The molecular formula is C25H41N5O2. The van der Waals surface area contributed by atoms with Crippen molar-refractivity contribution in [3.8, 4) is 0 Å². The molecule has 3 unspecified atom stereocenters. The van der Waals surface area contributed by atoms with E-state index in [1.54, 1.807) is 0 Å². The lowest BCUT2D eigenvalue weighted by molar-refractivity contribution is 0.00368. The molecule has 1 aromatic carbocycles. The van der Waals surface area contributed by atoms with Crippen LogP contribution in [0, 0.1) is 5.92 Å². The number of rotatable bonds is 8. The predicted octanol–water partition coefficient (Wildman–Crippen LogP) is 2.64. The van der Waals surface area contributed by atoms with Crippen molar-refractivity contribution in [2.45, 2.75) is 45.2 Å². The molecule has 0 amide bonds. The third-order valence-electron chi connectivity index (χ3n) is 7.00. The Hall–Kier alpha value is -1.83. The molecule has 178 valence electrons. The number of guanidine groups is 1. The first-order valence-corrected chi connectivity index (χ1v) is 12.5. The van der Waals surface area contributed by atoms with E-state index in [1.165, 1.54) is 37.2 Å². The van der Waals surface area contributed by atoms with Crippen LogP contribution in [0.1, 0.15) is 44.7 Å². The van der Waals surface area contributed by atoms with E-state index in [1.807, 2.05) is 0 Å². The van der Waals surface area contributed by atoms with Crippen LogP contribution >= 0.6 is 0 Å². The Balaban J connectivity index is 1.42. The van der Waals surface area contributed by atoms with Gasteiger partial charge < -0.3 is 25.0 Å². The van der Waals surface area contributed by atoms with E-state index in [2.05, 4.69) is 58.5 Å². The van der Waals surface area contributed by atoms with Gasteiger partial charge in [0.15, 0.2) is 5.96 Å². The molecule has 7 heteroatoms. The largest absolute Gasteiger partial charge is 0.381 e. The Bertz CT molecular complexity index is 725. The molecule has 1 aromatic rings. The van der Waals surface area contributed by atoms with Crippen LogP contribution in [-0.4, -0.2) is 82.6 Å². The van der Waals surface area contributed by atoms with Gasteiger partial charge in [-0.15, -0.1) is 0 Å². The molecule has 3 aliphatic heterocycles. The summed E-state index contributed by atoms with van der Waals surface area (Å²) in [5.41, 5.74) is 2.64. The fourth-order valence-electron chi connectivity index (χ4n) is 5.09. The zero-order chi connectivity index (χ0) is 22.2. The quantitative estimate of drug-likeness (QED) is 0.476. The second-order valence-corrected chi connectivity index (χ2v) is 9.21. The van der Waals surface area contributed by atoms with Gasteiger partial charge in [0, 0.05) is 57.0 Å². The topological polar surface area (TPSA) is 61.4 Å². The molecule has 0 aromatic heterocycles. The Morgan fingerprint density at radius 1 is 1.12 bits per heavy atom. The lowest BCUT2D eigenvalue weighted by Gasteiger charge is -2.36. The van der Waals surface area contributed by atoms with Crippen LogP contribution in [0.25, 0.3) is 0 Å². The zero-order valence-electron chi connectivity index (χ0n) is 19.9. The van der Waals surface area contributed by atoms with Crippen LogP contribution in [0.3, 0.4) is 0 Å². The molecule has 0 aliphatic carbocycles. The molecule has 2 N–H and O–H groups in total. The summed E-state index contributed by atoms with van der Waals surface area (Å²) in [6.07, 6.45) is 3.72. The van der Waals surface area contributed by atoms with Crippen molar-refractivity contribution in [3.63, 3.8) is 0 Å². The summed E-state index contributed by atoms with van der Waals surface area (Å²) in [6, 6.07) is 9.56. The monoisotopic (exact) mass is 443 g/mol. The highest BCUT2D eigenvalue weighted by Crippen LogP contribution is 2.25. The lowest BCUT2D eigenvalue weighted by atomic mass is 9.97. The highest BCUT2D eigenvalue weighted by atomic mass is 16.5. The van der Waals surface area contributed by atoms with Gasteiger partial charge >= 0.3 is 0 Å². The molecule has 3 atom stereocenters. The third-order valence-corrected chi connectivity index (χ3v) is 7.00. The summed E-state index contributed by atoms with van der Waals surface area (Å²) in [5, 5.41) is 7.10. The first kappa shape index (κ1) is 23.3. The van der Waals surface area contributed by atoms with Crippen molar-refractivity contribution < 1.29 is 9.47 Å². The molecule has 3 fully saturated rings. The van der Waals surface area contributed by atoms with Gasteiger partial charge in [-0.25, -0.2) is 0 Å². The summed E-state index contributed by atoms with van der Waals surface area (Å²) in [4.78, 5) is 10.1. The van der Waals surface area contributed by atoms with Gasteiger partial charge in [0.05, 0.1) is 32.4 Å². The lowest BCUT2D eigenvalue weighted by Crippen LogP contribution is -2.49. The molecule has 0 saturated carbocycles. The Labute approximate surface area is 193 Å². The molecule has 7 nitrogen and oxygen atoms in total. The molecule has 32 heavy (non-hydrogen) atoms. The van der Waals surface area contributed by atoms with Gasteiger partial charge in [-0.1, -0.05) is 12.1 Å². The van der Waals surface area contributed by atoms with Gasteiger partial charge in [-0.3, -0.25) is 9.89 Å². The number of hydrogen-bond acceptors (Lipinski definition) is 5. The SMILES string of the molecule is CCNC(=NCC(C1CCOC1)N1CCOCC1)NC(C)c1cccc(N2CCCC2)c1. The standard InChI is InChI=1S/C25H41N5O2/c1-3-26-25(27-18-24(22-9-14-32-19-22)30-12-15-31-16-13-30)28-20(2)21-7-6-8-23(17-21)29-10-4-5-11-29/h6-8,17,20,22,24H,3-5,9-16,18-19H2,1-2H3,(H2,26,27,28). The maximum atomic E-state index is 5.72. The van der Waals surface area contributed by atoms with Crippen molar-refractivity contribution in [1.29, 1.82) is 0 Å². The molecule has 0 radical (unpaired) electrons. The predicted molar refractivity (Wildman–Crippen MR) is 131 cm³/mol. The summed E-state index contributed by atoms with van der Waals surface area (Å²) >= 11 is 0. The number of anilines is 1. The van der Waals surface area contributed by atoms with Crippen LogP contribution in [0.15, 0.2) is 29.3 Å². The Kier molecular flexibility index (Phi) is 8.65. The number of benzene rings is 1. The van der Waals surface area contributed by atoms with E-state index in [9.17, 15) is 0 Å². The van der Waals surface area contributed by atoms with Crippen molar-refractivity contribution in [1.82, 2.24) is 15.5 Å². The minimum atomic E-state index is 0.187. The van der Waals surface area contributed by atoms with Crippen molar-refractivity contribution >= 4 is 11.6 Å². The van der Waals surface area contributed by atoms with Gasteiger partial charge in [-0.2, -0.15) is 0 Å². The smallest absolute Gasteiger partial charge is 0.191 e. The summed E-state index contributed by atoms with van der Waals surface area (Å²) < 4.78 is 11.3. The van der Waals surface area contributed by atoms with Crippen LogP contribution in [0.4, 0.5) is 5.69 Å². The average molecular weight is 444 g/mol. The first-order valence-electron chi connectivity index (χ1n) is 12.5.